The Morgan fingerprint density at radius 3 is 2.54 bits per heavy atom. The van der Waals surface area contributed by atoms with Gasteiger partial charge in [0.1, 0.15) is 0 Å². The van der Waals surface area contributed by atoms with Gasteiger partial charge in [0.25, 0.3) is 0 Å². The lowest BCUT2D eigenvalue weighted by molar-refractivity contribution is -0.122. The topological polar surface area (TPSA) is 115 Å². The third-order valence-corrected chi connectivity index (χ3v) is 6.03. The van der Waals surface area contributed by atoms with E-state index < -0.39 is 0 Å². The Balaban J connectivity index is 1.59. The first kappa shape index (κ1) is 26.1. The second-order valence-corrected chi connectivity index (χ2v) is 9.27. The number of aryl methyl sites for hydroxylation is 1. The summed E-state index contributed by atoms with van der Waals surface area (Å²) in [5.41, 5.74) is 9.28. The minimum atomic E-state index is -0.326. The van der Waals surface area contributed by atoms with Crippen LogP contribution in [0.5, 0.6) is 11.5 Å². The second kappa shape index (κ2) is 12.2. The minimum Gasteiger partial charge on any atom is -0.493 e. The van der Waals surface area contributed by atoms with Crippen molar-refractivity contribution in [2.75, 3.05) is 14.2 Å². The molecule has 8 heteroatoms. The summed E-state index contributed by atoms with van der Waals surface area (Å²) in [5.74, 6) is 1.11. The standard InChI is InChI=1S/C27H36N4O4/c1-17(2)13-20(16-26(33)30-22-11-10-19-7-5-6-8-21(19)22)29-27(28)31-25(32)15-18-9-12-23(34-3)24(14-18)35-4/h5-9,12,14,17,20,22H,10-11,13,15-16H2,1-4H3,(H,30,33)(H3,28,29,31,32)/t20-,22-/m1/s1. The molecule has 0 aliphatic heterocycles. The highest BCUT2D eigenvalue weighted by atomic mass is 16.5. The third kappa shape index (κ3) is 7.47. The molecule has 0 saturated carbocycles. The van der Waals surface area contributed by atoms with E-state index in [0.717, 1.165) is 18.4 Å². The Kier molecular flexibility index (Phi) is 9.11. The second-order valence-electron chi connectivity index (χ2n) is 9.27. The molecule has 0 aromatic heterocycles. The van der Waals surface area contributed by atoms with Gasteiger partial charge in [-0.1, -0.05) is 44.2 Å². The van der Waals surface area contributed by atoms with Crippen LogP contribution in [0.2, 0.25) is 0 Å². The van der Waals surface area contributed by atoms with E-state index in [1.807, 2.05) is 12.1 Å². The molecule has 0 radical (unpaired) electrons. The summed E-state index contributed by atoms with van der Waals surface area (Å²) >= 11 is 0. The molecular formula is C27H36N4O4. The molecule has 188 valence electrons. The van der Waals surface area contributed by atoms with Crippen LogP contribution in [-0.4, -0.2) is 38.0 Å². The van der Waals surface area contributed by atoms with E-state index in [4.69, 9.17) is 15.2 Å². The first-order chi connectivity index (χ1) is 16.8. The van der Waals surface area contributed by atoms with E-state index in [0.29, 0.717) is 23.8 Å². The fourth-order valence-corrected chi connectivity index (χ4v) is 4.49. The van der Waals surface area contributed by atoms with Gasteiger partial charge in [0.2, 0.25) is 11.8 Å². The van der Waals surface area contributed by atoms with Gasteiger partial charge in [-0.2, -0.15) is 0 Å². The van der Waals surface area contributed by atoms with E-state index in [1.165, 1.54) is 11.1 Å². The fraction of sp³-hybridized carbons (Fsp3) is 0.444. The molecule has 1 aliphatic carbocycles. The summed E-state index contributed by atoms with van der Waals surface area (Å²) in [6.07, 6.45) is 2.86. The Bertz CT molecular complexity index is 1070. The summed E-state index contributed by atoms with van der Waals surface area (Å²) in [6, 6.07) is 13.2. The molecule has 1 aliphatic rings. The zero-order chi connectivity index (χ0) is 25.4. The predicted molar refractivity (Wildman–Crippen MR) is 137 cm³/mol. The summed E-state index contributed by atoms with van der Waals surface area (Å²) in [7, 11) is 3.10. The van der Waals surface area contributed by atoms with E-state index in [9.17, 15) is 9.59 Å². The van der Waals surface area contributed by atoms with Gasteiger partial charge in [-0.05, 0) is 54.0 Å². The van der Waals surface area contributed by atoms with Crippen LogP contribution >= 0.6 is 0 Å². The van der Waals surface area contributed by atoms with Crippen LogP contribution in [-0.2, 0) is 22.4 Å². The van der Waals surface area contributed by atoms with E-state index >= 15 is 0 Å². The number of benzene rings is 2. The van der Waals surface area contributed by atoms with Gasteiger partial charge in [0.05, 0.1) is 32.7 Å². The highest BCUT2D eigenvalue weighted by molar-refractivity contribution is 5.97. The maximum atomic E-state index is 12.8. The van der Waals surface area contributed by atoms with Gasteiger partial charge < -0.3 is 20.5 Å². The number of nitrogens with one attached hydrogen (secondary N) is 2. The summed E-state index contributed by atoms with van der Waals surface area (Å²) < 4.78 is 10.5. The SMILES string of the molecule is COc1ccc(CC(=O)NC(N)=N[C@@H](CC(=O)N[C@@H]2CCc3ccccc32)CC(C)C)cc1OC. The van der Waals surface area contributed by atoms with E-state index in [-0.39, 0.29) is 42.7 Å². The molecule has 8 nitrogen and oxygen atoms in total. The monoisotopic (exact) mass is 480 g/mol. The first-order valence-corrected chi connectivity index (χ1v) is 12.0. The Hall–Kier alpha value is -3.55. The molecule has 0 bridgehead atoms. The molecule has 3 rings (SSSR count). The number of carbonyl (C=O) groups is 2. The Morgan fingerprint density at radius 1 is 1.09 bits per heavy atom. The van der Waals surface area contributed by atoms with Crippen LogP contribution in [0.4, 0.5) is 0 Å². The fourth-order valence-electron chi connectivity index (χ4n) is 4.49. The zero-order valence-electron chi connectivity index (χ0n) is 21.0. The lowest BCUT2D eigenvalue weighted by Crippen LogP contribution is -2.39. The van der Waals surface area contributed by atoms with Crippen LogP contribution in [0.1, 0.15) is 55.8 Å². The van der Waals surface area contributed by atoms with Gasteiger partial charge in [0, 0.05) is 6.42 Å². The number of methoxy groups -OCH3 is 2. The Labute approximate surface area is 207 Å². The minimum absolute atomic E-state index is 0.0140. The number of amides is 2. The normalized spacial score (nSPS) is 15.9. The maximum absolute atomic E-state index is 12.8. The van der Waals surface area contributed by atoms with Gasteiger partial charge in [-0.25, -0.2) is 4.99 Å². The quantitative estimate of drug-likeness (QED) is 0.357. The molecule has 35 heavy (non-hydrogen) atoms. The van der Waals surface area contributed by atoms with Crippen LogP contribution in [0, 0.1) is 5.92 Å². The zero-order valence-corrected chi connectivity index (χ0v) is 21.0. The number of hydrogen-bond donors (Lipinski definition) is 3. The van der Waals surface area contributed by atoms with Gasteiger partial charge in [-0.3, -0.25) is 14.9 Å². The van der Waals surface area contributed by atoms with Crippen molar-refractivity contribution in [3.05, 3.63) is 59.2 Å². The molecular weight excluding hydrogens is 444 g/mol. The van der Waals surface area contributed by atoms with Gasteiger partial charge >= 0.3 is 0 Å². The van der Waals surface area contributed by atoms with Crippen molar-refractivity contribution in [3.8, 4) is 11.5 Å². The average molecular weight is 481 g/mol. The first-order valence-electron chi connectivity index (χ1n) is 12.0. The van der Waals surface area contributed by atoms with E-state index in [2.05, 4.69) is 41.6 Å². The molecule has 0 spiro atoms. The van der Waals surface area contributed by atoms with Crippen molar-refractivity contribution in [2.24, 2.45) is 16.6 Å². The summed E-state index contributed by atoms with van der Waals surface area (Å²) in [4.78, 5) is 29.8. The smallest absolute Gasteiger partial charge is 0.231 e. The molecule has 0 saturated heterocycles. The number of rotatable bonds is 10. The number of nitrogens with two attached hydrogens (primary N) is 1. The highest BCUT2D eigenvalue weighted by Crippen LogP contribution is 2.31. The van der Waals surface area contributed by atoms with E-state index in [1.54, 1.807) is 32.4 Å². The number of fused-ring (bicyclic) bond motifs is 1. The summed E-state index contributed by atoms with van der Waals surface area (Å²) in [6.45, 7) is 4.14. The predicted octanol–water partition coefficient (Wildman–Crippen LogP) is 3.29. The molecule has 0 unspecified atom stereocenters. The van der Waals surface area contributed by atoms with Crippen LogP contribution < -0.4 is 25.8 Å². The van der Waals surface area contributed by atoms with Crippen molar-refractivity contribution >= 4 is 17.8 Å². The maximum Gasteiger partial charge on any atom is 0.231 e. The number of guanidine groups is 1. The molecule has 2 aromatic rings. The lowest BCUT2D eigenvalue weighted by atomic mass is 10.0. The average Bonchev–Trinajstić information content (AvgIpc) is 3.20. The number of aliphatic imine (C=N–C) groups is 1. The van der Waals surface area contributed by atoms with Gasteiger partial charge in [-0.15, -0.1) is 0 Å². The van der Waals surface area contributed by atoms with Crippen LogP contribution in [0.15, 0.2) is 47.5 Å². The summed E-state index contributed by atoms with van der Waals surface area (Å²) in [5, 5.41) is 5.79. The van der Waals surface area contributed by atoms with Crippen LogP contribution in [0.3, 0.4) is 0 Å². The molecule has 2 atom stereocenters. The number of nitrogens with zero attached hydrogens (tertiary/aromatic N) is 1. The third-order valence-electron chi connectivity index (χ3n) is 6.03. The molecule has 4 N–H and O–H groups in total. The Morgan fingerprint density at radius 2 is 1.83 bits per heavy atom. The van der Waals surface area contributed by atoms with Crippen molar-refractivity contribution in [1.29, 1.82) is 0 Å². The van der Waals surface area contributed by atoms with Crippen LogP contribution in [0.25, 0.3) is 0 Å². The number of hydrogen-bond acceptors (Lipinski definition) is 5. The van der Waals surface area contributed by atoms with Gasteiger partial charge in [0.15, 0.2) is 17.5 Å². The van der Waals surface area contributed by atoms with Crippen molar-refractivity contribution < 1.29 is 19.1 Å². The molecule has 2 aromatic carbocycles. The lowest BCUT2D eigenvalue weighted by Gasteiger charge is -2.19. The molecule has 0 fully saturated rings. The largest absolute Gasteiger partial charge is 0.493 e. The van der Waals surface area contributed by atoms with Crippen molar-refractivity contribution in [1.82, 2.24) is 10.6 Å². The number of carbonyl (C=O) groups excluding carboxylic acids is 2. The van der Waals surface area contributed by atoms with Crippen molar-refractivity contribution in [2.45, 2.75) is 58.0 Å². The van der Waals surface area contributed by atoms with Crippen molar-refractivity contribution in [3.63, 3.8) is 0 Å². The highest BCUT2D eigenvalue weighted by Gasteiger charge is 2.25. The number of ether oxygens (including phenoxy) is 2. The molecule has 0 heterocycles. The molecule has 2 amide bonds.